The monoisotopic (exact) mass is 700 g/mol. The van der Waals surface area contributed by atoms with E-state index in [1.165, 1.54) is 59.1 Å². The Morgan fingerprint density at radius 3 is 1.11 bits per heavy atom. The van der Waals surface area contributed by atoms with Gasteiger partial charge in [0.05, 0.1) is 20.9 Å². The predicted octanol–water partition coefficient (Wildman–Crippen LogP) is 11.6. The van der Waals surface area contributed by atoms with Gasteiger partial charge in [-0.15, -0.1) is 56.7 Å². The lowest BCUT2D eigenvalue weighted by molar-refractivity contribution is -0.160. The molecule has 5 heterocycles. The lowest BCUT2D eigenvalue weighted by Gasteiger charge is -2.14. The Kier molecular flexibility index (Phi) is 8.86. The molecule has 222 valence electrons. The summed E-state index contributed by atoms with van der Waals surface area (Å²) in [6.45, 7) is 0. The molecule has 4 nitrogen and oxygen atoms in total. The summed E-state index contributed by atoms with van der Waals surface area (Å²) in [5.41, 5.74) is -3.75. The molecule has 0 aliphatic carbocycles. The standard InChI is InChI=1S/C30H10F6N4S5/c31-29(32,33)25-26(30(34,35)36)28(24-8-6-22(44-24)20-4-2-18(42-20)10-16(13-39)14-40)45-27(25)23-7-5-21(43-23)19-3-1-17(41-19)9-15(11-37)12-38/h1-10H. The summed E-state index contributed by atoms with van der Waals surface area (Å²) in [4.78, 5) is 2.29. The third kappa shape index (κ3) is 6.64. The summed E-state index contributed by atoms with van der Waals surface area (Å²) >= 11 is 4.61. The van der Waals surface area contributed by atoms with Crippen LogP contribution in [0.1, 0.15) is 20.9 Å². The minimum absolute atomic E-state index is 0.0107. The quantitative estimate of drug-likeness (QED) is 0.130. The Morgan fingerprint density at radius 2 is 0.778 bits per heavy atom. The van der Waals surface area contributed by atoms with Gasteiger partial charge in [-0.2, -0.15) is 47.4 Å². The summed E-state index contributed by atoms with van der Waals surface area (Å²) in [7, 11) is 0. The first kappa shape index (κ1) is 31.9. The van der Waals surface area contributed by atoms with Crippen LogP contribution in [0.25, 0.3) is 51.2 Å². The number of hydrogen-bond donors (Lipinski definition) is 0. The topological polar surface area (TPSA) is 95.2 Å². The molecule has 0 saturated carbocycles. The molecule has 45 heavy (non-hydrogen) atoms. The molecule has 0 unspecified atom stereocenters. The van der Waals surface area contributed by atoms with Gasteiger partial charge < -0.3 is 0 Å². The second-order valence-corrected chi connectivity index (χ2v) is 14.2. The summed E-state index contributed by atoms with van der Waals surface area (Å²) in [5.74, 6) is 0. The zero-order valence-electron chi connectivity index (χ0n) is 21.9. The Labute approximate surface area is 271 Å². The molecule has 0 fully saturated rings. The van der Waals surface area contributed by atoms with Crippen molar-refractivity contribution in [2.75, 3.05) is 0 Å². The van der Waals surface area contributed by atoms with Crippen LogP contribution in [0.2, 0.25) is 0 Å². The van der Waals surface area contributed by atoms with E-state index in [1.54, 1.807) is 48.5 Å². The maximum absolute atomic E-state index is 14.4. The molecule has 5 aromatic heterocycles. The highest BCUT2D eigenvalue weighted by Crippen LogP contribution is 2.56. The van der Waals surface area contributed by atoms with E-state index in [0.717, 1.165) is 22.7 Å². The fraction of sp³-hybridized carbons (Fsp3) is 0.0667. The van der Waals surface area contributed by atoms with E-state index in [2.05, 4.69) is 0 Å². The molecule has 0 saturated heterocycles. The first-order valence-corrected chi connectivity index (χ1v) is 16.2. The molecule has 15 heteroatoms. The molecule has 0 aliphatic rings. The number of halogens is 6. The van der Waals surface area contributed by atoms with E-state index in [4.69, 9.17) is 21.0 Å². The Morgan fingerprint density at radius 1 is 0.467 bits per heavy atom. The lowest BCUT2D eigenvalue weighted by Crippen LogP contribution is -2.15. The van der Waals surface area contributed by atoms with E-state index >= 15 is 0 Å². The van der Waals surface area contributed by atoms with Gasteiger partial charge in [0.25, 0.3) is 0 Å². The molecule has 0 N–H and O–H groups in total. The van der Waals surface area contributed by atoms with Crippen molar-refractivity contribution in [3.8, 4) is 63.3 Å². The van der Waals surface area contributed by atoms with Crippen LogP contribution in [0.15, 0.2) is 59.7 Å². The maximum atomic E-state index is 14.4. The summed E-state index contributed by atoms with van der Waals surface area (Å²) in [5, 5.41) is 35.9. The smallest absolute Gasteiger partial charge is 0.192 e. The van der Waals surface area contributed by atoms with Crippen molar-refractivity contribution < 1.29 is 26.3 Å². The number of rotatable bonds is 6. The summed E-state index contributed by atoms with van der Waals surface area (Å²) < 4.78 is 86.5. The Balaban J connectivity index is 1.59. The third-order valence-corrected chi connectivity index (χ3v) is 12.1. The Bertz CT molecular complexity index is 1970. The van der Waals surface area contributed by atoms with Crippen molar-refractivity contribution >= 4 is 68.8 Å². The second kappa shape index (κ2) is 12.5. The van der Waals surface area contributed by atoms with Gasteiger partial charge in [0.1, 0.15) is 35.4 Å². The molecule has 0 bridgehead atoms. The fourth-order valence-electron chi connectivity index (χ4n) is 4.09. The van der Waals surface area contributed by atoms with E-state index in [1.807, 2.05) is 0 Å². The number of thiophene rings is 5. The maximum Gasteiger partial charge on any atom is 0.418 e. The van der Waals surface area contributed by atoms with Crippen LogP contribution in [0.3, 0.4) is 0 Å². The van der Waals surface area contributed by atoms with Crippen molar-refractivity contribution in [1.29, 1.82) is 21.0 Å². The molecule has 0 aromatic carbocycles. The highest BCUT2D eigenvalue weighted by molar-refractivity contribution is 7.30. The second-order valence-electron chi connectivity index (χ2n) is 8.80. The van der Waals surface area contributed by atoms with Crippen LogP contribution in [0.5, 0.6) is 0 Å². The van der Waals surface area contributed by atoms with Gasteiger partial charge in [0, 0.05) is 39.0 Å². The average molecular weight is 701 g/mol. The minimum atomic E-state index is -5.31. The van der Waals surface area contributed by atoms with Crippen LogP contribution < -0.4 is 0 Å². The van der Waals surface area contributed by atoms with Gasteiger partial charge in [-0.1, -0.05) is 0 Å². The van der Waals surface area contributed by atoms with Gasteiger partial charge in [0.2, 0.25) is 0 Å². The molecule has 0 radical (unpaired) electrons. The van der Waals surface area contributed by atoms with Crippen LogP contribution in [-0.2, 0) is 12.4 Å². The largest absolute Gasteiger partial charge is 0.418 e. The van der Waals surface area contributed by atoms with E-state index < -0.39 is 33.2 Å². The Hall–Kier alpha value is -4.48. The van der Waals surface area contributed by atoms with E-state index in [9.17, 15) is 26.3 Å². The van der Waals surface area contributed by atoms with Gasteiger partial charge in [0.15, 0.2) is 0 Å². The summed E-state index contributed by atoms with van der Waals surface area (Å²) in [6.07, 6.45) is -7.88. The molecule has 5 rings (SSSR count). The average Bonchev–Trinajstić information content (AvgIpc) is 3.81. The van der Waals surface area contributed by atoms with Gasteiger partial charge >= 0.3 is 12.4 Å². The first-order chi connectivity index (χ1) is 21.4. The van der Waals surface area contributed by atoms with Crippen LogP contribution in [0.4, 0.5) is 26.3 Å². The van der Waals surface area contributed by atoms with Gasteiger partial charge in [-0.25, -0.2) is 0 Å². The van der Waals surface area contributed by atoms with Crippen LogP contribution in [-0.4, -0.2) is 0 Å². The molecule has 0 aliphatic heterocycles. The van der Waals surface area contributed by atoms with Gasteiger partial charge in [-0.3, -0.25) is 0 Å². The van der Waals surface area contributed by atoms with Crippen LogP contribution >= 0.6 is 56.7 Å². The SMILES string of the molecule is N#CC(C#N)=Cc1ccc(-c2ccc(-c3sc(-c4ccc(-c5ccc(C=C(C#N)C#N)s5)s4)c(C(F)(F)F)c3C(F)(F)F)s2)s1. The highest BCUT2D eigenvalue weighted by atomic mass is 32.1. The fourth-order valence-corrected chi connectivity index (χ4v) is 9.76. The number of nitriles is 4. The van der Waals surface area contributed by atoms with Crippen molar-refractivity contribution in [2.24, 2.45) is 0 Å². The zero-order valence-corrected chi connectivity index (χ0v) is 26.0. The van der Waals surface area contributed by atoms with Crippen molar-refractivity contribution in [2.45, 2.75) is 12.4 Å². The minimum Gasteiger partial charge on any atom is -0.192 e. The first-order valence-electron chi connectivity index (χ1n) is 12.1. The highest BCUT2D eigenvalue weighted by Gasteiger charge is 2.49. The van der Waals surface area contributed by atoms with Crippen molar-refractivity contribution in [3.05, 3.63) is 80.6 Å². The molecule has 0 amide bonds. The van der Waals surface area contributed by atoms with Crippen molar-refractivity contribution in [3.63, 3.8) is 0 Å². The number of allylic oxidation sites excluding steroid dienone is 2. The molecule has 0 spiro atoms. The molecular formula is C30H10F6N4S5. The molecular weight excluding hydrogens is 691 g/mol. The number of alkyl halides is 6. The molecule has 5 aromatic rings. The third-order valence-electron chi connectivity index (χ3n) is 5.93. The number of hydrogen-bond acceptors (Lipinski definition) is 9. The summed E-state index contributed by atoms with van der Waals surface area (Å²) in [6, 6.07) is 19.3. The van der Waals surface area contributed by atoms with Crippen molar-refractivity contribution in [1.82, 2.24) is 0 Å². The predicted molar refractivity (Wildman–Crippen MR) is 166 cm³/mol. The molecule has 0 atom stereocenters. The lowest BCUT2D eigenvalue weighted by atomic mass is 10.1. The zero-order chi connectivity index (χ0) is 32.5. The van der Waals surface area contributed by atoms with E-state index in [0.29, 0.717) is 40.6 Å². The normalized spacial score (nSPS) is 11.2. The number of nitrogens with zero attached hydrogens (tertiary/aromatic N) is 4. The van der Waals surface area contributed by atoms with Crippen LogP contribution in [0, 0.1) is 45.3 Å². The van der Waals surface area contributed by atoms with E-state index in [-0.39, 0.29) is 20.9 Å². The van der Waals surface area contributed by atoms with Gasteiger partial charge in [-0.05, 0) is 60.7 Å².